The minimum Gasteiger partial charge on any atom is -0.481 e. The summed E-state index contributed by atoms with van der Waals surface area (Å²) in [5, 5.41) is 9.60. The van der Waals surface area contributed by atoms with E-state index in [1.165, 1.54) is 6.42 Å². The molecule has 5 heteroatoms. The highest BCUT2D eigenvalue weighted by Crippen LogP contribution is 2.67. The Bertz CT molecular complexity index is 685. The third kappa shape index (κ3) is 1.39. The molecular weight excluding hydrogens is 306 g/mol. The van der Waals surface area contributed by atoms with E-state index in [0.717, 1.165) is 12.8 Å². The first kappa shape index (κ1) is 14.9. The minimum atomic E-state index is -0.911. The Morgan fingerprint density at radius 2 is 2.12 bits per heavy atom. The molecule has 0 radical (unpaired) electrons. The van der Waals surface area contributed by atoms with Gasteiger partial charge in [0.25, 0.3) is 0 Å². The molecule has 1 N–H and O–H groups in total. The number of nitrogens with zero attached hydrogens (tertiary/aromatic N) is 1. The Labute approximate surface area is 142 Å². The van der Waals surface area contributed by atoms with Crippen LogP contribution in [0.4, 0.5) is 0 Å². The van der Waals surface area contributed by atoms with Crippen molar-refractivity contribution in [1.29, 1.82) is 0 Å². The molecule has 1 amide bonds. The average molecular weight is 331 g/mol. The lowest BCUT2D eigenvalue weighted by Crippen LogP contribution is -2.49. The number of carbonyl (C=O) groups is 2. The van der Waals surface area contributed by atoms with Crippen LogP contribution in [0.1, 0.15) is 40.0 Å². The molecule has 3 aliphatic heterocycles. The quantitative estimate of drug-likeness (QED) is 0.787. The summed E-state index contributed by atoms with van der Waals surface area (Å²) in [7, 11) is 0. The predicted octanol–water partition coefficient (Wildman–Crippen LogP) is 2.07. The normalized spacial score (nSPS) is 53.2. The molecule has 2 aliphatic carbocycles. The number of amides is 1. The topological polar surface area (TPSA) is 66.8 Å². The number of rotatable bonds is 2. The van der Waals surface area contributed by atoms with Gasteiger partial charge in [-0.1, -0.05) is 32.9 Å². The lowest BCUT2D eigenvalue weighted by Gasteiger charge is -2.43. The lowest BCUT2D eigenvalue weighted by molar-refractivity contribution is -0.149. The van der Waals surface area contributed by atoms with Crippen LogP contribution in [-0.4, -0.2) is 46.2 Å². The maximum absolute atomic E-state index is 13.3. The van der Waals surface area contributed by atoms with E-state index in [1.54, 1.807) is 0 Å². The Kier molecular flexibility index (Phi) is 2.53. The van der Waals surface area contributed by atoms with Gasteiger partial charge in [0, 0.05) is 6.04 Å². The molecule has 0 aromatic rings. The highest BCUT2D eigenvalue weighted by molar-refractivity contribution is 5.91. The van der Waals surface area contributed by atoms with Gasteiger partial charge in [-0.15, -0.1) is 0 Å². The van der Waals surface area contributed by atoms with Gasteiger partial charge < -0.3 is 14.7 Å². The van der Waals surface area contributed by atoms with E-state index in [2.05, 4.69) is 20.8 Å². The second-order valence-electron chi connectivity index (χ2n) is 9.33. The average Bonchev–Trinajstić information content (AvgIpc) is 3.23. The molecule has 3 heterocycles. The van der Waals surface area contributed by atoms with Gasteiger partial charge in [0.2, 0.25) is 5.91 Å². The van der Waals surface area contributed by atoms with Crippen molar-refractivity contribution in [1.82, 2.24) is 4.90 Å². The van der Waals surface area contributed by atoms with E-state index < -0.39 is 29.5 Å². The van der Waals surface area contributed by atoms with Crippen molar-refractivity contribution in [3.8, 4) is 0 Å². The first-order chi connectivity index (χ1) is 11.2. The van der Waals surface area contributed by atoms with Gasteiger partial charge in [-0.05, 0) is 36.0 Å². The molecule has 5 aliphatic rings. The van der Waals surface area contributed by atoms with Crippen molar-refractivity contribution in [2.75, 3.05) is 6.54 Å². The Balaban J connectivity index is 1.52. The summed E-state index contributed by atoms with van der Waals surface area (Å²) in [6.07, 6.45) is 6.80. The Hall–Kier alpha value is -1.36. The summed E-state index contributed by atoms with van der Waals surface area (Å²) in [4.78, 5) is 27.0. The van der Waals surface area contributed by atoms with Gasteiger partial charge >= 0.3 is 5.97 Å². The fourth-order valence-corrected chi connectivity index (χ4v) is 6.71. The van der Waals surface area contributed by atoms with Crippen LogP contribution in [0.15, 0.2) is 12.2 Å². The number of carbonyl (C=O) groups excluding carboxylic acids is 1. The van der Waals surface area contributed by atoms with Gasteiger partial charge in [0.1, 0.15) is 11.5 Å². The molecule has 2 saturated carbocycles. The SMILES string of the molecule is CC1(C)C2CCC1(C)C(N1CC34C=CC(O3)C(C(=O)O)C4C1=O)C2. The lowest BCUT2D eigenvalue weighted by atomic mass is 9.69. The van der Waals surface area contributed by atoms with Gasteiger partial charge in [-0.2, -0.15) is 0 Å². The van der Waals surface area contributed by atoms with Crippen LogP contribution in [-0.2, 0) is 14.3 Å². The Morgan fingerprint density at radius 3 is 2.71 bits per heavy atom. The molecular formula is C19H25NO4. The smallest absolute Gasteiger partial charge is 0.310 e. The van der Waals surface area contributed by atoms with Crippen molar-refractivity contribution >= 4 is 11.9 Å². The monoisotopic (exact) mass is 331 g/mol. The molecule has 1 spiro atoms. The van der Waals surface area contributed by atoms with Crippen LogP contribution in [0.5, 0.6) is 0 Å². The van der Waals surface area contributed by atoms with Crippen LogP contribution < -0.4 is 0 Å². The number of aliphatic carboxylic acids is 1. The van der Waals surface area contributed by atoms with E-state index in [1.807, 2.05) is 17.1 Å². The van der Waals surface area contributed by atoms with E-state index in [-0.39, 0.29) is 22.8 Å². The molecule has 4 fully saturated rings. The zero-order chi connectivity index (χ0) is 17.1. The second-order valence-corrected chi connectivity index (χ2v) is 9.33. The number of carboxylic acid groups (broad SMARTS) is 1. The summed E-state index contributed by atoms with van der Waals surface area (Å²) >= 11 is 0. The third-order valence-electron chi connectivity index (χ3n) is 8.54. The molecule has 5 rings (SSSR count). The fourth-order valence-electron chi connectivity index (χ4n) is 6.71. The van der Waals surface area contributed by atoms with Gasteiger partial charge in [-0.3, -0.25) is 9.59 Å². The van der Waals surface area contributed by atoms with Crippen LogP contribution in [0.25, 0.3) is 0 Å². The van der Waals surface area contributed by atoms with E-state index in [0.29, 0.717) is 12.5 Å². The van der Waals surface area contributed by atoms with Crippen molar-refractivity contribution in [2.45, 2.75) is 57.8 Å². The van der Waals surface area contributed by atoms with Gasteiger partial charge in [0.15, 0.2) is 0 Å². The largest absolute Gasteiger partial charge is 0.481 e. The summed E-state index contributed by atoms with van der Waals surface area (Å²) < 4.78 is 6.03. The number of likely N-dealkylation sites (tertiary alicyclic amines) is 1. The van der Waals surface area contributed by atoms with Crippen molar-refractivity contribution in [3.05, 3.63) is 12.2 Å². The van der Waals surface area contributed by atoms with Gasteiger partial charge in [-0.25, -0.2) is 0 Å². The number of fused-ring (bicyclic) bond motifs is 3. The van der Waals surface area contributed by atoms with Crippen LogP contribution in [0, 0.1) is 28.6 Å². The first-order valence-electron chi connectivity index (χ1n) is 9.12. The second kappa shape index (κ2) is 4.06. The number of ether oxygens (including phenoxy) is 1. The highest BCUT2D eigenvalue weighted by Gasteiger charge is 2.71. The van der Waals surface area contributed by atoms with E-state index in [4.69, 9.17) is 4.74 Å². The number of hydrogen-bond donors (Lipinski definition) is 1. The summed E-state index contributed by atoms with van der Waals surface area (Å²) in [6, 6.07) is 0.212. The minimum absolute atomic E-state index is 0.00354. The standard InChI is InChI=1S/C19H25NO4/c1-17(2)10-4-6-18(17,3)12(8-10)20-9-19-7-5-11(24-19)13(16(22)23)14(19)15(20)21/h5,7,10-14H,4,6,8-9H2,1-3H3,(H,22,23). The summed E-state index contributed by atoms with van der Waals surface area (Å²) in [6.45, 7) is 7.53. The molecule has 4 bridgehead atoms. The molecule has 7 atom stereocenters. The summed E-state index contributed by atoms with van der Waals surface area (Å²) in [5.74, 6) is -1.53. The number of carboxylic acids is 1. The van der Waals surface area contributed by atoms with Crippen molar-refractivity contribution in [2.24, 2.45) is 28.6 Å². The van der Waals surface area contributed by atoms with Crippen molar-refractivity contribution < 1.29 is 19.4 Å². The first-order valence-corrected chi connectivity index (χ1v) is 9.12. The van der Waals surface area contributed by atoms with Crippen LogP contribution in [0.2, 0.25) is 0 Å². The molecule has 7 unspecified atom stereocenters. The number of hydrogen-bond acceptors (Lipinski definition) is 3. The Morgan fingerprint density at radius 1 is 1.38 bits per heavy atom. The molecule has 2 saturated heterocycles. The zero-order valence-electron chi connectivity index (χ0n) is 14.5. The molecule has 24 heavy (non-hydrogen) atoms. The third-order valence-corrected chi connectivity index (χ3v) is 8.54. The highest BCUT2D eigenvalue weighted by atomic mass is 16.5. The molecule has 130 valence electrons. The predicted molar refractivity (Wildman–Crippen MR) is 86.1 cm³/mol. The maximum Gasteiger partial charge on any atom is 0.310 e. The zero-order valence-corrected chi connectivity index (χ0v) is 14.5. The molecule has 0 aromatic heterocycles. The molecule has 5 nitrogen and oxygen atoms in total. The van der Waals surface area contributed by atoms with Crippen LogP contribution >= 0.6 is 0 Å². The fraction of sp³-hybridized carbons (Fsp3) is 0.789. The maximum atomic E-state index is 13.3. The van der Waals surface area contributed by atoms with E-state index in [9.17, 15) is 14.7 Å². The van der Waals surface area contributed by atoms with Gasteiger partial charge in [0.05, 0.1) is 18.6 Å². The molecule has 0 aromatic carbocycles. The summed E-state index contributed by atoms with van der Waals surface area (Å²) in [5.41, 5.74) is -0.357. The van der Waals surface area contributed by atoms with E-state index >= 15 is 0 Å². The van der Waals surface area contributed by atoms with Crippen LogP contribution in [0.3, 0.4) is 0 Å². The van der Waals surface area contributed by atoms with Crippen molar-refractivity contribution in [3.63, 3.8) is 0 Å².